The lowest BCUT2D eigenvalue weighted by molar-refractivity contribution is -0.118. The van der Waals surface area contributed by atoms with Crippen LogP contribution in [0.1, 0.15) is 32.1 Å². The average molecular weight is 319 g/mol. The Morgan fingerprint density at radius 2 is 1.83 bits per heavy atom. The average Bonchev–Trinajstić information content (AvgIpc) is 2.63. The molecule has 2 N–H and O–H groups in total. The van der Waals surface area contributed by atoms with E-state index in [9.17, 15) is 10.1 Å². The van der Waals surface area contributed by atoms with Crippen LogP contribution < -0.4 is 10.6 Å². The van der Waals surface area contributed by atoms with Crippen molar-refractivity contribution in [1.82, 2.24) is 5.32 Å². The lowest BCUT2D eigenvalue weighted by atomic mass is 9.95. The van der Waals surface area contributed by atoms with Crippen LogP contribution in [0.5, 0.6) is 0 Å². The molecule has 0 unspecified atom stereocenters. The zero-order chi connectivity index (χ0) is 16.8. The lowest BCUT2D eigenvalue weighted by Gasteiger charge is -2.22. The van der Waals surface area contributed by atoms with Crippen molar-refractivity contribution in [3.8, 4) is 6.07 Å². The smallest absolute Gasteiger partial charge is 0.263 e. The quantitative estimate of drug-likeness (QED) is 0.658. The maximum absolute atomic E-state index is 12.2. The van der Waals surface area contributed by atoms with E-state index in [1.165, 1.54) is 12.6 Å². The minimum Gasteiger partial charge on any atom is -0.360 e. The van der Waals surface area contributed by atoms with Crippen molar-refractivity contribution in [2.45, 2.75) is 38.1 Å². The monoisotopic (exact) mass is 319 g/mol. The largest absolute Gasteiger partial charge is 0.360 e. The fourth-order valence-corrected chi connectivity index (χ4v) is 3.09. The highest BCUT2D eigenvalue weighted by Gasteiger charge is 2.17. The van der Waals surface area contributed by atoms with Gasteiger partial charge in [-0.2, -0.15) is 5.26 Å². The van der Waals surface area contributed by atoms with Gasteiger partial charge in [-0.25, -0.2) is 0 Å². The molecule has 0 radical (unpaired) electrons. The van der Waals surface area contributed by atoms with Gasteiger partial charge in [-0.3, -0.25) is 4.79 Å². The summed E-state index contributed by atoms with van der Waals surface area (Å²) >= 11 is 0. The summed E-state index contributed by atoms with van der Waals surface area (Å²) in [5.74, 6) is -0.294. The number of rotatable bonds is 4. The van der Waals surface area contributed by atoms with Crippen molar-refractivity contribution in [3.05, 3.63) is 54.2 Å². The lowest BCUT2D eigenvalue weighted by Crippen LogP contribution is -2.37. The fourth-order valence-electron chi connectivity index (χ4n) is 3.09. The van der Waals surface area contributed by atoms with Gasteiger partial charge < -0.3 is 10.6 Å². The summed E-state index contributed by atoms with van der Waals surface area (Å²) in [4.78, 5) is 12.2. The topological polar surface area (TPSA) is 64.9 Å². The number of carbonyl (C=O) groups excluding carboxylic acids is 1. The molecule has 2 aromatic rings. The summed E-state index contributed by atoms with van der Waals surface area (Å²) in [6.07, 6.45) is 7.02. The molecule has 0 bridgehead atoms. The molecule has 3 rings (SSSR count). The molecular weight excluding hydrogens is 298 g/mol. The van der Waals surface area contributed by atoms with Crippen LogP contribution in [0.15, 0.2) is 54.2 Å². The van der Waals surface area contributed by atoms with Crippen LogP contribution in [0.25, 0.3) is 10.8 Å². The zero-order valence-electron chi connectivity index (χ0n) is 13.6. The Morgan fingerprint density at radius 1 is 1.08 bits per heavy atom. The van der Waals surface area contributed by atoms with Gasteiger partial charge in [-0.15, -0.1) is 0 Å². The SMILES string of the molecule is N#C/C(=C/Nc1ccc2ccccc2c1)C(=O)NC1CCCCC1. The van der Waals surface area contributed by atoms with Crippen LogP contribution in [0.2, 0.25) is 0 Å². The van der Waals surface area contributed by atoms with Gasteiger partial charge in [-0.05, 0) is 35.7 Å². The molecule has 24 heavy (non-hydrogen) atoms. The molecule has 1 aliphatic carbocycles. The number of hydrogen-bond donors (Lipinski definition) is 2. The second-order valence-corrected chi connectivity index (χ2v) is 6.18. The summed E-state index contributed by atoms with van der Waals surface area (Å²) < 4.78 is 0. The second-order valence-electron chi connectivity index (χ2n) is 6.18. The van der Waals surface area contributed by atoms with E-state index in [0.29, 0.717) is 0 Å². The fraction of sp³-hybridized carbons (Fsp3) is 0.300. The van der Waals surface area contributed by atoms with Gasteiger partial charge >= 0.3 is 0 Å². The molecule has 0 spiro atoms. The van der Waals surface area contributed by atoms with Crippen molar-refractivity contribution in [3.63, 3.8) is 0 Å². The molecule has 1 fully saturated rings. The predicted octanol–water partition coefficient (Wildman–Crippen LogP) is 4.11. The molecular formula is C20H21N3O. The zero-order valence-corrected chi connectivity index (χ0v) is 13.6. The molecule has 0 aromatic heterocycles. The predicted molar refractivity (Wildman–Crippen MR) is 96.3 cm³/mol. The van der Waals surface area contributed by atoms with Gasteiger partial charge in [0.15, 0.2) is 0 Å². The first-order valence-corrected chi connectivity index (χ1v) is 8.43. The molecule has 0 atom stereocenters. The molecule has 122 valence electrons. The van der Waals surface area contributed by atoms with Crippen LogP contribution >= 0.6 is 0 Å². The Labute approximate surface area is 142 Å². The summed E-state index contributed by atoms with van der Waals surface area (Å²) in [6.45, 7) is 0. The van der Waals surface area contributed by atoms with Crippen molar-refractivity contribution in [2.24, 2.45) is 0 Å². The first kappa shape index (κ1) is 16.1. The molecule has 4 nitrogen and oxygen atoms in total. The standard InChI is InChI=1S/C20H21N3O/c21-13-17(20(24)23-18-8-2-1-3-9-18)14-22-19-11-10-15-6-4-5-7-16(15)12-19/h4-7,10-12,14,18,22H,1-3,8-9H2,(H,23,24)/b17-14-. The van der Waals surface area contributed by atoms with E-state index in [4.69, 9.17) is 0 Å². The van der Waals surface area contributed by atoms with E-state index >= 15 is 0 Å². The molecule has 1 saturated carbocycles. The molecule has 1 amide bonds. The normalized spacial score (nSPS) is 15.7. The van der Waals surface area contributed by atoms with E-state index < -0.39 is 0 Å². The molecule has 0 heterocycles. The first-order valence-electron chi connectivity index (χ1n) is 8.43. The minimum atomic E-state index is -0.294. The summed E-state index contributed by atoms with van der Waals surface area (Å²) in [5.41, 5.74) is 0.959. The van der Waals surface area contributed by atoms with E-state index in [0.717, 1.165) is 42.1 Å². The highest BCUT2D eigenvalue weighted by Crippen LogP contribution is 2.20. The Balaban J connectivity index is 1.67. The van der Waals surface area contributed by atoms with Crippen LogP contribution in [0, 0.1) is 11.3 Å². The molecule has 0 aliphatic heterocycles. The van der Waals surface area contributed by atoms with Gasteiger partial charge in [0.2, 0.25) is 0 Å². The number of nitrogens with zero attached hydrogens (tertiary/aromatic N) is 1. The Bertz CT molecular complexity index is 798. The molecule has 0 saturated heterocycles. The van der Waals surface area contributed by atoms with Gasteiger partial charge in [0, 0.05) is 17.9 Å². The number of amides is 1. The third kappa shape index (κ3) is 3.94. The van der Waals surface area contributed by atoms with Crippen LogP contribution in [0.4, 0.5) is 5.69 Å². The number of fused-ring (bicyclic) bond motifs is 1. The summed E-state index contributed by atoms with van der Waals surface area (Å²) in [6, 6.07) is 16.2. The summed E-state index contributed by atoms with van der Waals surface area (Å²) in [5, 5.41) is 17.6. The highest BCUT2D eigenvalue weighted by molar-refractivity contribution is 5.97. The summed E-state index contributed by atoms with van der Waals surface area (Å²) in [7, 11) is 0. The van der Waals surface area contributed by atoms with Gasteiger partial charge in [-0.1, -0.05) is 49.6 Å². The third-order valence-corrected chi connectivity index (χ3v) is 4.44. The maximum atomic E-state index is 12.2. The number of benzene rings is 2. The Morgan fingerprint density at radius 3 is 2.58 bits per heavy atom. The maximum Gasteiger partial charge on any atom is 0.263 e. The third-order valence-electron chi connectivity index (χ3n) is 4.44. The highest BCUT2D eigenvalue weighted by atomic mass is 16.1. The van der Waals surface area contributed by atoms with E-state index in [2.05, 4.69) is 10.6 Å². The van der Waals surface area contributed by atoms with Crippen molar-refractivity contribution in [2.75, 3.05) is 5.32 Å². The van der Waals surface area contributed by atoms with Crippen molar-refractivity contribution < 1.29 is 4.79 Å². The second kappa shape index (κ2) is 7.65. The Hall–Kier alpha value is -2.80. The number of carbonyl (C=O) groups is 1. The number of anilines is 1. The molecule has 2 aromatic carbocycles. The van der Waals surface area contributed by atoms with Gasteiger partial charge in [0.05, 0.1) is 0 Å². The van der Waals surface area contributed by atoms with E-state index in [1.54, 1.807) is 0 Å². The number of nitrogens with one attached hydrogen (secondary N) is 2. The molecule has 1 aliphatic rings. The van der Waals surface area contributed by atoms with Gasteiger partial charge in [0.25, 0.3) is 5.91 Å². The van der Waals surface area contributed by atoms with Crippen molar-refractivity contribution >= 4 is 22.4 Å². The first-order chi connectivity index (χ1) is 11.8. The Kier molecular flexibility index (Phi) is 5.12. The van der Waals surface area contributed by atoms with E-state index in [1.807, 2.05) is 48.5 Å². The van der Waals surface area contributed by atoms with Crippen LogP contribution in [-0.4, -0.2) is 11.9 Å². The van der Waals surface area contributed by atoms with Crippen LogP contribution in [-0.2, 0) is 4.79 Å². The number of nitriles is 1. The van der Waals surface area contributed by atoms with E-state index in [-0.39, 0.29) is 17.5 Å². The van der Waals surface area contributed by atoms with Crippen LogP contribution in [0.3, 0.4) is 0 Å². The minimum absolute atomic E-state index is 0.105. The van der Waals surface area contributed by atoms with Crippen molar-refractivity contribution in [1.29, 1.82) is 5.26 Å². The molecule has 4 heteroatoms. The number of hydrogen-bond acceptors (Lipinski definition) is 3. The van der Waals surface area contributed by atoms with Gasteiger partial charge in [0.1, 0.15) is 11.6 Å².